The number of alkyl halides is 3. The molecule has 7 nitrogen and oxygen atoms in total. The number of carbonyl (C=O) groups is 1. The fraction of sp³-hybridized carbons (Fsp3) is 0.387. The van der Waals surface area contributed by atoms with Gasteiger partial charge in [-0.05, 0) is 54.2 Å². The average Bonchev–Trinajstić information content (AvgIpc) is 3.32. The quantitative estimate of drug-likeness (QED) is 0.252. The maximum Gasteiger partial charge on any atom is 0.416 e. The van der Waals surface area contributed by atoms with Crippen LogP contribution in [0.2, 0.25) is 0 Å². The van der Waals surface area contributed by atoms with Crippen molar-refractivity contribution in [1.29, 1.82) is 0 Å². The maximum absolute atomic E-state index is 15.8. The van der Waals surface area contributed by atoms with Crippen LogP contribution in [0, 0.1) is 5.82 Å². The van der Waals surface area contributed by atoms with Crippen molar-refractivity contribution in [1.82, 2.24) is 10.6 Å². The van der Waals surface area contributed by atoms with Crippen molar-refractivity contribution < 1.29 is 35.9 Å². The van der Waals surface area contributed by atoms with Gasteiger partial charge >= 0.3 is 6.18 Å². The van der Waals surface area contributed by atoms with E-state index < -0.39 is 45.6 Å². The van der Waals surface area contributed by atoms with E-state index in [1.807, 2.05) is 13.0 Å². The molecule has 3 N–H and O–H groups in total. The fourth-order valence-electron chi connectivity index (χ4n) is 5.12. The largest absolute Gasteiger partial charge is 0.416 e. The monoisotopic (exact) mass is 621 g/mol. The summed E-state index contributed by atoms with van der Waals surface area (Å²) in [5, 5.41) is 16.8. The van der Waals surface area contributed by atoms with Gasteiger partial charge in [0, 0.05) is 19.6 Å². The van der Waals surface area contributed by atoms with E-state index in [-0.39, 0.29) is 43.1 Å². The molecule has 0 radical (unpaired) electrons. The molecule has 2 atom stereocenters. The number of nitrogens with zero attached hydrogens (tertiary/aromatic N) is 1. The smallest absolute Gasteiger partial charge is 0.390 e. The number of aliphatic hydroxyl groups is 1. The van der Waals surface area contributed by atoms with E-state index in [4.69, 9.17) is 0 Å². The summed E-state index contributed by atoms with van der Waals surface area (Å²) >= 11 is 0. The first-order valence-electron chi connectivity index (χ1n) is 14.1. The van der Waals surface area contributed by atoms with Crippen LogP contribution in [0.1, 0.15) is 52.4 Å². The van der Waals surface area contributed by atoms with Crippen molar-refractivity contribution in [3.63, 3.8) is 0 Å². The minimum atomic E-state index is -4.48. The molecule has 0 unspecified atom stereocenters. The van der Waals surface area contributed by atoms with E-state index >= 15 is 4.39 Å². The lowest BCUT2D eigenvalue weighted by molar-refractivity contribution is -0.137. The molecular formula is C31H35F4N3O4S. The second kappa shape index (κ2) is 13.9. The highest BCUT2D eigenvalue weighted by Crippen LogP contribution is 2.31. The summed E-state index contributed by atoms with van der Waals surface area (Å²) in [5.74, 6) is -1.88. The van der Waals surface area contributed by atoms with Gasteiger partial charge in [-0.15, -0.1) is 0 Å². The minimum absolute atomic E-state index is 0.0361. The molecular weight excluding hydrogens is 586 g/mol. The van der Waals surface area contributed by atoms with Crippen LogP contribution in [0.25, 0.3) is 0 Å². The molecule has 3 aromatic carbocycles. The fourth-order valence-corrected chi connectivity index (χ4v) is 6.67. The Morgan fingerprint density at radius 2 is 1.74 bits per heavy atom. The third kappa shape index (κ3) is 8.33. The molecule has 1 amide bonds. The molecule has 1 heterocycles. The van der Waals surface area contributed by atoms with Crippen molar-refractivity contribution in [2.24, 2.45) is 0 Å². The summed E-state index contributed by atoms with van der Waals surface area (Å²) < 4.78 is 81.2. The van der Waals surface area contributed by atoms with E-state index in [0.29, 0.717) is 30.4 Å². The van der Waals surface area contributed by atoms with Crippen LogP contribution in [0.5, 0.6) is 0 Å². The molecule has 1 fully saturated rings. The number of carbonyl (C=O) groups excluding carboxylic acids is 1. The Morgan fingerprint density at radius 3 is 2.40 bits per heavy atom. The summed E-state index contributed by atoms with van der Waals surface area (Å²) in [6.07, 6.45) is -3.97. The van der Waals surface area contributed by atoms with Crippen LogP contribution in [0.4, 0.5) is 23.2 Å². The van der Waals surface area contributed by atoms with Gasteiger partial charge < -0.3 is 15.7 Å². The molecule has 0 bridgehead atoms. The first kappa shape index (κ1) is 32.4. The predicted molar refractivity (Wildman–Crippen MR) is 157 cm³/mol. The summed E-state index contributed by atoms with van der Waals surface area (Å²) in [7, 11) is -3.71. The van der Waals surface area contributed by atoms with Crippen LogP contribution in [-0.4, -0.2) is 50.4 Å². The van der Waals surface area contributed by atoms with Gasteiger partial charge in [0.25, 0.3) is 5.91 Å². The molecule has 0 spiro atoms. The van der Waals surface area contributed by atoms with Crippen LogP contribution in [-0.2, 0) is 35.6 Å². The van der Waals surface area contributed by atoms with Crippen LogP contribution < -0.4 is 14.9 Å². The Balaban J connectivity index is 1.55. The number of halogens is 4. The normalized spacial score (nSPS) is 16.2. The van der Waals surface area contributed by atoms with Gasteiger partial charge in [0.1, 0.15) is 0 Å². The molecule has 0 saturated carbocycles. The summed E-state index contributed by atoms with van der Waals surface area (Å²) in [6, 6.07) is 15.8. The number of rotatable bonds is 12. The lowest BCUT2D eigenvalue weighted by Gasteiger charge is -2.26. The summed E-state index contributed by atoms with van der Waals surface area (Å²) in [5.41, 5.74) is 0.476. The number of aryl methyl sites for hydroxylation is 1. The Morgan fingerprint density at radius 1 is 1.02 bits per heavy atom. The highest BCUT2D eigenvalue weighted by Gasteiger charge is 2.33. The van der Waals surface area contributed by atoms with Gasteiger partial charge in [0.2, 0.25) is 10.0 Å². The zero-order valence-electron chi connectivity index (χ0n) is 23.7. The molecule has 1 aliphatic heterocycles. The van der Waals surface area contributed by atoms with E-state index in [0.717, 1.165) is 22.0 Å². The highest BCUT2D eigenvalue weighted by molar-refractivity contribution is 7.93. The molecule has 1 aliphatic rings. The Bertz CT molecular complexity index is 1520. The summed E-state index contributed by atoms with van der Waals surface area (Å²) in [4.78, 5) is 13.5. The number of sulfonamides is 1. The lowest BCUT2D eigenvalue weighted by Crippen LogP contribution is -2.49. The standard InChI is InChI=1S/C31H35F4N3O4S/c1-2-8-22-16-25(29(32)27(18-22)38-13-7-14-43(38,41)42)30(40)37-26(17-21-9-4-3-5-10-21)28(39)20-36-19-23-11-6-12-24(15-23)31(33,34)35/h3-6,9-12,15-16,18,26,28,36,39H,2,7-8,13-14,17,19-20H2,1H3,(H,37,40)/t26-,28+/m0/s1. The molecule has 232 valence electrons. The molecule has 0 aliphatic carbocycles. The summed E-state index contributed by atoms with van der Waals surface area (Å²) in [6.45, 7) is 1.98. The molecule has 3 aromatic rings. The minimum Gasteiger partial charge on any atom is -0.390 e. The van der Waals surface area contributed by atoms with Gasteiger partial charge in [0.05, 0.1) is 34.7 Å². The second-order valence-electron chi connectivity index (χ2n) is 10.6. The number of amides is 1. The van der Waals surface area contributed by atoms with Crippen molar-refractivity contribution in [3.05, 3.63) is 100 Å². The average molecular weight is 622 g/mol. The Labute approximate surface area is 249 Å². The van der Waals surface area contributed by atoms with Crippen molar-refractivity contribution in [2.45, 2.75) is 57.5 Å². The zero-order valence-corrected chi connectivity index (χ0v) is 24.5. The number of nitrogens with one attached hydrogen (secondary N) is 2. The number of aliphatic hydroxyl groups excluding tert-OH is 1. The van der Waals surface area contributed by atoms with Gasteiger partial charge in [-0.1, -0.05) is 61.9 Å². The molecule has 4 rings (SSSR count). The first-order chi connectivity index (χ1) is 20.4. The maximum atomic E-state index is 15.8. The number of hydrogen-bond acceptors (Lipinski definition) is 5. The van der Waals surface area contributed by atoms with Gasteiger partial charge in [-0.25, -0.2) is 12.8 Å². The molecule has 1 saturated heterocycles. The van der Waals surface area contributed by atoms with E-state index in [1.165, 1.54) is 24.3 Å². The van der Waals surface area contributed by atoms with Crippen LogP contribution in [0.3, 0.4) is 0 Å². The SMILES string of the molecule is CCCc1cc(C(=O)N[C@@H](Cc2ccccc2)[C@H](O)CNCc2cccc(C(F)(F)F)c2)c(F)c(N2CCCS2(=O)=O)c1. The Hall–Kier alpha value is -3.48. The van der Waals surface area contributed by atoms with Crippen molar-refractivity contribution in [2.75, 3.05) is 23.1 Å². The number of hydrogen-bond donors (Lipinski definition) is 3. The molecule has 0 aromatic heterocycles. The highest BCUT2D eigenvalue weighted by atomic mass is 32.2. The van der Waals surface area contributed by atoms with E-state index in [1.54, 1.807) is 24.3 Å². The van der Waals surface area contributed by atoms with Gasteiger partial charge in [-0.3, -0.25) is 9.10 Å². The van der Waals surface area contributed by atoms with Crippen molar-refractivity contribution in [3.8, 4) is 0 Å². The number of benzene rings is 3. The van der Waals surface area contributed by atoms with E-state index in [9.17, 15) is 31.5 Å². The van der Waals surface area contributed by atoms with Crippen LogP contribution >= 0.6 is 0 Å². The van der Waals surface area contributed by atoms with Gasteiger partial charge in [0.15, 0.2) is 5.82 Å². The van der Waals surface area contributed by atoms with Crippen molar-refractivity contribution >= 4 is 21.6 Å². The third-order valence-electron chi connectivity index (χ3n) is 7.28. The first-order valence-corrected chi connectivity index (χ1v) is 15.7. The van der Waals surface area contributed by atoms with Crippen LogP contribution in [0.15, 0.2) is 66.7 Å². The topological polar surface area (TPSA) is 98.7 Å². The van der Waals surface area contributed by atoms with Gasteiger partial charge in [-0.2, -0.15) is 13.2 Å². The number of anilines is 1. The second-order valence-corrected chi connectivity index (χ2v) is 12.6. The van der Waals surface area contributed by atoms with E-state index in [2.05, 4.69) is 10.6 Å². The predicted octanol–water partition coefficient (Wildman–Crippen LogP) is 4.83. The lowest BCUT2D eigenvalue weighted by atomic mass is 9.99. The molecule has 12 heteroatoms. The zero-order chi connectivity index (χ0) is 31.2. The molecule has 43 heavy (non-hydrogen) atoms. The Kier molecular flexibility index (Phi) is 10.5. The third-order valence-corrected chi connectivity index (χ3v) is 9.14.